The first-order valence-electron chi connectivity index (χ1n) is 38.7. The number of esters is 4. The number of hydrogen-bond acceptors (Lipinski definition) is 15. The van der Waals surface area contributed by atoms with Gasteiger partial charge < -0.3 is 33.8 Å². The van der Waals surface area contributed by atoms with Gasteiger partial charge in [0.05, 0.1) is 26.4 Å². The number of allylic oxidation sites excluding steroid dienone is 26. The van der Waals surface area contributed by atoms with Crippen LogP contribution in [0.3, 0.4) is 0 Å². The number of carbonyl (C=O) groups excluding carboxylic acids is 4. The van der Waals surface area contributed by atoms with Gasteiger partial charge in [0, 0.05) is 25.7 Å². The molecule has 0 fully saturated rings. The summed E-state index contributed by atoms with van der Waals surface area (Å²) in [4.78, 5) is 72.9. The van der Waals surface area contributed by atoms with E-state index in [1.54, 1.807) is 0 Å². The van der Waals surface area contributed by atoms with Crippen molar-refractivity contribution in [1.82, 2.24) is 0 Å². The number of phosphoric acid groups is 2. The van der Waals surface area contributed by atoms with Gasteiger partial charge in [-0.2, -0.15) is 0 Å². The highest BCUT2D eigenvalue weighted by Gasteiger charge is 2.30. The maximum atomic E-state index is 13.1. The van der Waals surface area contributed by atoms with Crippen molar-refractivity contribution in [3.8, 4) is 0 Å². The fraction of sp³-hybridized carbons (Fsp3) is 0.639. The van der Waals surface area contributed by atoms with Crippen molar-refractivity contribution in [1.29, 1.82) is 0 Å². The summed E-state index contributed by atoms with van der Waals surface area (Å²) in [5.74, 6) is -2.31. The number of rotatable bonds is 71. The minimum atomic E-state index is -5.00. The first-order chi connectivity index (χ1) is 49.7. The van der Waals surface area contributed by atoms with Gasteiger partial charge in [0.1, 0.15) is 19.3 Å². The predicted molar refractivity (Wildman–Crippen MR) is 417 cm³/mol. The van der Waals surface area contributed by atoms with Crippen LogP contribution in [0.4, 0.5) is 0 Å². The van der Waals surface area contributed by atoms with Gasteiger partial charge in [0.25, 0.3) is 0 Å². The zero-order valence-electron chi connectivity index (χ0n) is 63.2. The molecule has 580 valence electrons. The summed E-state index contributed by atoms with van der Waals surface area (Å²) in [7, 11) is -9.99. The van der Waals surface area contributed by atoms with Gasteiger partial charge in [-0.1, -0.05) is 250 Å². The Labute approximate surface area is 617 Å². The Kier molecular flexibility index (Phi) is 70.1. The Morgan fingerprint density at radius 1 is 0.284 bits per heavy atom. The van der Waals surface area contributed by atoms with Crippen LogP contribution in [0, 0.1) is 0 Å². The quantitative estimate of drug-likeness (QED) is 0.0169. The smallest absolute Gasteiger partial charge is 0.462 e. The number of ether oxygens (including phenoxy) is 4. The second-order valence-corrected chi connectivity index (χ2v) is 28.1. The average molecular weight is 1470 g/mol. The summed E-state index contributed by atoms with van der Waals surface area (Å²) in [5, 5.41) is 10.6. The van der Waals surface area contributed by atoms with Crippen molar-refractivity contribution in [3.05, 3.63) is 158 Å². The average Bonchev–Trinajstić information content (AvgIpc) is 0.924. The normalized spacial score (nSPS) is 14.8. The van der Waals surface area contributed by atoms with Gasteiger partial charge in [-0.05, 0) is 167 Å². The number of carbonyl (C=O) groups is 4. The molecule has 0 aliphatic carbocycles. The number of aliphatic hydroxyl groups excluding tert-OH is 1. The third-order valence-electron chi connectivity index (χ3n) is 15.5. The summed E-state index contributed by atoms with van der Waals surface area (Å²) in [5.41, 5.74) is 0. The molecule has 5 atom stereocenters. The molecular weight excluding hydrogens is 1330 g/mol. The first kappa shape index (κ1) is 96.7. The molecule has 3 N–H and O–H groups in total. The molecule has 0 saturated heterocycles. The lowest BCUT2D eigenvalue weighted by Crippen LogP contribution is -2.30. The summed E-state index contributed by atoms with van der Waals surface area (Å²) in [6.07, 6.45) is 85.2. The van der Waals surface area contributed by atoms with Gasteiger partial charge >= 0.3 is 39.5 Å². The molecule has 0 aromatic rings. The van der Waals surface area contributed by atoms with Gasteiger partial charge in [-0.15, -0.1) is 0 Å². The highest BCUT2D eigenvalue weighted by Crippen LogP contribution is 2.45. The molecule has 19 heteroatoms. The monoisotopic (exact) mass is 1470 g/mol. The fourth-order valence-corrected chi connectivity index (χ4v) is 11.2. The minimum Gasteiger partial charge on any atom is -0.462 e. The van der Waals surface area contributed by atoms with E-state index in [-0.39, 0.29) is 25.7 Å². The number of aliphatic hydroxyl groups is 1. The molecule has 5 unspecified atom stereocenters. The number of unbranched alkanes of at least 4 members (excludes halogenated alkanes) is 19. The lowest BCUT2D eigenvalue weighted by molar-refractivity contribution is -0.161. The van der Waals surface area contributed by atoms with Gasteiger partial charge in [-0.3, -0.25) is 37.3 Å². The lowest BCUT2D eigenvalue weighted by Gasteiger charge is -2.21. The second-order valence-electron chi connectivity index (χ2n) is 25.1. The molecule has 0 rings (SSSR count). The van der Waals surface area contributed by atoms with Crippen molar-refractivity contribution in [2.75, 3.05) is 39.6 Å². The Morgan fingerprint density at radius 2 is 0.510 bits per heavy atom. The van der Waals surface area contributed by atoms with Crippen LogP contribution in [0.15, 0.2) is 158 Å². The highest BCUT2D eigenvalue weighted by atomic mass is 31.2. The van der Waals surface area contributed by atoms with Crippen LogP contribution in [0.1, 0.15) is 285 Å². The van der Waals surface area contributed by atoms with Gasteiger partial charge in [-0.25, -0.2) is 9.13 Å². The molecule has 0 heterocycles. The number of phosphoric ester groups is 2. The molecule has 0 aliphatic rings. The lowest BCUT2D eigenvalue weighted by atomic mass is 10.1. The van der Waals surface area contributed by atoms with E-state index in [1.165, 1.54) is 25.7 Å². The molecule has 0 aliphatic heterocycles. The van der Waals surface area contributed by atoms with E-state index in [0.717, 1.165) is 173 Å². The van der Waals surface area contributed by atoms with Crippen LogP contribution in [-0.4, -0.2) is 96.7 Å². The Balaban J connectivity index is 5.44. The van der Waals surface area contributed by atoms with Gasteiger partial charge in [0.2, 0.25) is 0 Å². The van der Waals surface area contributed by atoms with Crippen LogP contribution in [0.25, 0.3) is 0 Å². The van der Waals surface area contributed by atoms with Crippen molar-refractivity contribution in [3.63, 3.8) is 0 Å². The summed E-state index contributed by atoms with van der Waals surface area (Å²) in [6.45, 7) is 4.38. The van der Waals surface area contributed by atoms with Crippen molar-refractivity contribution >= 4 is 39.5 Å². The van der Waals surface area contributed by atoms with Gasteiger partial charge in [0.15, 0.2) is 12.2 Å². The Morgan fingerprint density at radius 3 is 0.814 bits per heavy atom. The zero-order chi connectivity index (χ0) is 74.6. The molecule has 0 bridgehead atoms. The third kappa shape index (κ3) is 73.0. The highest BCUT2D eigenvalue weighted by molar-refractivity contribution is 7.47. The maximum Gasteiger partial charge on any atom is 0.472 e. The molecule has 0 amide bonds. The predicted octanol–water partition coefficient (Wildman–Crippen LogP) is 22.4. The Bertz CT molecular complexity index is 2550. The van der Waals surface area contributed by atoms with Crippen molar-refractivity contribution < 1.29 is 80.2 Å². The minimum absolute atomic E-state index is 0.0330. The van der Waals surface area contributed by atoms with E-state index < -0.39 is 97.5 Å². The van der Waals surface area contributed by atoms with Crippen LogP contribution in [0.5, 0.6) is 0 Å². The SMILES string of the molecule is CC/C=C\C/C=C\C/C=C\C/C=C\CCCCCCCCC(=O)OCC(COP(=O)(O)OCC(O)COP(=O)(O)OCC(COC(=O)CCCC/C=C\C/C=C\C/C=C\C/C=C\CC)OC(=O)CCCCCCC/C=C\CCCCCC)OC(=O)CCCC/C=C\C/C=C\C/C=C\C/C=C\CC. The topological polar surface area (TPSA) is 237 Å². The second kappa shape index (κ2) is 74.0. The summed E-state index contributed by atoms with van der Waals surface area (Å²) < 4.78 is 68.4. The molecule has 0 aromatic carbocycles. The molecule has 17 nitrogen and oxygen atoms in total. The van der Waals surface area contributed by atoms with Crippen LogP contribution in [0.2, 0.25) is 0 Å². The number of hydrogen-bond donors (Lipinski definition) is 3. The molecule has 0 saturated carbocycles. The van der Waals surface area contributed by atoms with E-state index >= 15 is 0 Å². The van der Waals surface area contributed by atoms with Crippen LogP contribution >= 0.6 is 15.6 Å². The summed E-state index contributed by atoms with van der Waals surface area (Å²) >= 11 is 0. The van der Waals surface area contributed by atoms with E-state index in [0.29, 0.717) is 32.1 Å². The Hall–Kier alpha value is -5.32. The molecule has 0 spiro atoms. The molecular formula is C83H136O17P2. The largest absolute Gasteiger partial charge is 0.472 e. The van der Waals surface area contributed by atoms with E-state index in [1.807, 2.05) is 0 Å². The fourth-order valence-electron chi connectivity index (χ4n) is 9.66. The molecule has 0 aromatic heterocycles. The van der Waals surface area contributed by atoms with E-state index in [2.05, 4.69) is 186 Å². The molecule has 102 heavy (non-hydrogen) atoms. The standard InChI is InChI=1S/C83H136O17P2/c1-5-9-13-17-21-25-29-33-36-37-38-39-42-45-48-52-56-60-64-68-81(86)94-74-79(100-83(88)70-66-62-58-54-50-46-41-35-31-27-23-19-15-11-7-3)76-98-102(91,92)96-72-77(84)71-95-101(89,90)97-75-78(99-82(87)69-65-61-57-53-49-43-32-28-24-20-16-12-8-4)73-93-80(85)67-63-59-55-51-47-44-40-34-30-26-22-18-14-10-6-2/h9-11,13-15,21-23,25-28,32-36,38-41,47,50-51,54,77-79,84H,5-8,12,16-20,24,29-31,37,42-46,48-49,52-53,55-76H2,1-4H3,(H,89,90)(H,91,92)/b13-9-,14-10-,15-11-,25-21-,26-22-,27-23-,32-28-,36-33-,39-38-,40-34-,41-35-,51-47-,54-50-. The summed E-state index contributed by atoms with van der Waals surface area (Å²) in [6, 6.07) is 0. The molecule has 0 radical (unpaired) electrons. The van der Waals surface area contributed by atoms with Crippen molar-refractivity contribution in [2.24, 2.45) is 0 Å². The third-order valence-corrected chi connectivity index (χ3v) is 17.4. The maximum absolute atomic E-state index is 13.1. The zero-order valence-corrected chi connectivity index (χ0v) is 65.0. The first-order valence-corrected chi connectivity index (χ1v) is 41.7. The van der Waals surface area contributed by atoms with E-state index in [4.69, 9.17) is 37.0 Å². The van der Waals surface area contributed by atoms with Crippen LogP contribution in [-0.2, 0) is 65.4 Å². The van der Waals surface area contributed by atoms with Crippen molar-refractivity contribution in [2.45, 2.75) is 303 Å². The van der Waals surface area contributed by atoms with Crippen LogP contribution < -0.4 is 0 Å². The van der Waals surface area contributed by atoms with E-state index in [9.17, 15) is 43.2 Å².